The van der Waals surface area contributed by atoms with Crippen molar-refractivity contribution in [2.24, 2.45) is 0 Å². The molecule has 0 bridgehead atoms. The van der Waals surface area contributed by atoms with Crippen molar-refractivity contribution in [1.82, 2.24) is 0 Å². The number of hydrogen-bond acceptors (Lipinski definition) is 4. The highest BCUT2D eigenvalue weighted by molar-refractivity contribution is 5.50. The van der Waals surface area contributed by atoms with E-state index in [0.29, 0.717) is 19.3 Å². The van der Waals surface area contributed by atoms with Crippen molar-refractivity contribution >= 4 is 6.29 Å². The molecule has 0 saturated carbocycles. The molecular formula is C16H30NO4. The molecule has 0 aliphatic heterocycles. The van der Waals surface area contributed by atoms with Crippen LogP contribution in [-0.4, -0.2) is 28.5 Å². The second-order valence-electron chi connectivity index (χ2n) is 5.72. The lowest BCUT2D eigenvalue weighted by Crippen LogP contribution is -2.33. The molecular weight excluding hydrogens is 270 g/mol. The zero-order valence-corrected chi connectivity index (χ0v) is 13.3. The van der Waals surface area contributed by atoms with Crippen molar-refractivity contribution in [2.45, 2.75) is 96.1 Å². The fourth-order valence-electron chi connectivity index (χ4n) is 2.49. The Bertz CT molecular complexity index is 271. The molecule has 0 aromatic rings. The Hall–Kier alpha value is -0.970. The van der Waals surface area contributed by atoms with E-state index in [9.17, 15) is 20.0 Å². The van der Waals surface area contributed by atoms with Gasteiger partial charge in [0, 0.05) is 17.8 Å². The maximum atomic E-state index is 11.0. The Morgan fingerprint density at radius 3 is 2.19 bits per heavy atom. The van der Waals surface area contributed by atoms with Crippen LogP contribution in [0.1, 0.15) is 84.0 Å². The van der Waals surface area contributed by atoms with E-state index in [1.807, 2.05) is 6.29 Å². The second kappa shape index (κ2) is 14.0. The van der Waals surface area contributed by atoms with Gasteiger partial charge in [-0.25, -0.2) is 0 Å². The molecule has 1 radical (unpaired) electrons. The molecule has 0 heterocycles. The molecule has 0 aliphatic carbocycles. The SMILES string of the molecule is CCCCCCC(C(O)CCCCCCC[C]=O)[N+](=O)[O-]. The highest BCUT2D eigenvalue weighted by Gasteiger charge is 2.28. The molecule has 0 amide bonds. The third kappa shape index (κ3) is 11.4. The smallest absolute Gasteiger partial charge is 0.238 e. The number of nitrogens with zero attached hydrogens (tertiary/aromatic N) is 1. The van der Waals surface area contributed by atoms with Gasteiger partial charge in [0.15, 0.2) is 6.29 Å². The van der Waals surface area contributed by atoms with Crippen molar-refractivity contribution in [3.05, 3.63) is 10.1 Å². The first-order valence-corrected chi connectivity index (χ1v) is 8.30. The lowest BCUT2D eigenvalue weighted by Gasteiger charge is -2.16. The molecule has 5 nitrogen and oxygen atoms in total. The van der Waals surface area contributed by atoms with Crippen LogP contribution in [0.5, 0.6) is 0 Å². The first-order chi connectivity index (χ1) is 10.1. The predicted octanol–water partition coefficient (Wildman–Crippen LogP) is 3.80. The van der Waals surface area contributed by atoms with Crippen LogP contribution in [0, 0.1) is 10.1 Å². The molecule has 5 heteroatoms. The van der Waals surface area contributed by atoms with Gasteiger partial charge in [-0.1, -0.05) is 51.9 Å². The summed E-state index contributed by atoms with van der Waals surface area (Å²) in [6.45, 7) is 2.10. The standard InChI is InChI=1S/C16H30NO4/c1-2-3-4-9-12-15(17(20)21)16(19)13-10-7-5-6-8-11-14-18/h15-16,19H,2-13H2,1H3. The van der Waals surface area contributed by atoms with Gasteiger partial charge in [0.2, 0.25) is 6.04 Å². The summed E-state index contributed by atoms with van der Waals surface area (Å²) in [6, 6.07) is -0.813. The second-order valence-corrected chi connectivity index (χ2v) is 5.72. The number of nitro groups is 1. The largest absolute Gasteiger partial charge is 0.386 e. The zero-order valence-electron chi connectivity index (χ0n) is 13.3. The third-order valence-electron chi connectivity index (χ3n) is 3.85. The summed E-state index contributed by atoms with van der Waals surface area (Å²) in [4.78, 5) is 20.7. The lowest BCUT2D eigenvalue weighted by molar-refractivity contribution is -0.535. The molecule has 2 unspecified atom stereocenters. The van der Waals surface area contributed by atoms with Gasteiger partial charge >= 0.3 is 0 Å². The molecule has 21 heavy (non-hydrogen) atoms. The summed E-state index contributed by atoms with van der Waals surface area (Å²) in [5, 5.41) is 21.0. The number of hydrogen-bond donors (Lipinski definition) is 1. The summed E-state index contributed by atoms with van der Waals surface area (Å²) in [6.07, 6.45) is 11.1. The quantitative estimate of drug-likeness (QED) is 0.283. The molecule has 1 N–H and O–H groups in total. The molecule has 2 atom stereocenters. The van der Waals surface area contributed by atoms with Gasteiger partial charge in [0.1, 0.15) is 6.10 Å². The number of unbranched alkanes of at least 4 members (excludes halogenated alkanes) is 8. The average molecular weight is 300 g/mol. The van der Waals surface area contributed by atoms with E-state index < -0.39 is 12.1 Å². The van der Waals surface area contributed by atoms with E-state index in [2.05, 4.69) is 6.92 Å². The van der Waals surface area contributed by atoms with Crippen molar-refractivity contribution in [1.29, 1.82) is 0 Å². The Kier molecular flexibility index (Phi) is 13.3. The van der Waals surface area contributed by atoms with Crippen LogP contribution in [-0.2, 0) is 4.79 Å². The topological polar surface area (TPSA) is 80.4 Å². The molecule has 0 spiro atoms. The Labute approximate surface area is 128 Å². The van der Waals surface area contributed by atoms with Crippen molar-refractivity contribution in [3.8, 4) is 0 Å². The molecule has 123 valence electrons. The minimum Gasteiger partial charge on any atom is -0.386 e. The Morgan fingerprint density at radius 1 is 1.00 bits per heavy atom. The average Bonchev–Trinajstić information content (AvgIpc) is 2.45. The van der Waals surface area contributed by atoms with Crippen LogP contribution in [0.2, 0.25) is 0 Å². The van der Waals surface area contributed by atoms with Gasteiger partial charge in [-0.2, -0.15) is 0 Å². The van der Waals surface area contributed by atoms with Crippen molar-refractivity contribution in [2.75, 3.05) is 0 Å². The van der Waals surface area contributed by atoms with Crippen LogP contribution >= 0.6 is 0 Å². The fraction of sp³-hybridized carbons (Fsp3) is 0.938. The van der Waals surface area contributed by atoms with Gasteiger partial charge in [0.05, 0.1) is 0 Å². The van der Waals surface area contributed by atoms with Crippen LogP contribution in [0.15, 0.2) is 0 Å². The number of aliphatic hydroxyl groups is 1. The Morgan fingerprint density at radius 2 is 1.57 bits per heavy atom. The molecule has 0 aromatic heterocycles. The molecule has 0 fully saturated rings. The first-order valence-electron chi connectivity index (χ1n) is 8.30. The number of rotatable bonds is 15. The fourth-order valence-corrected chi connectivity index (χ4v) is 2.49. The zero-order chi connectivity index (χ0) is 15.9. The van der Waals surface area contributed by atoms with Gasteiger partial charge < -0.3 is 5.11 Å². The van der Waals surface area contributed by atoms with Crippen LogP contribution in [0.3, 0.4) is 0 Å². The molecule has 0 rings (SSSR count). The van der Waals surface area contributed by atoms with E-state index >= 15 is 0 Å². The van der Waals surface area contributed by atoms with Crippen molar-refractivity contribution < 1.29 is 14.8 Å². The number of carbonyl (C=O) groups excluding carboxylic acids is 1. The Balaban J connectivity index is 3.77. The normalized spacial score (nSPS) is 13.8. The highest BCUT2D eigenvalue weighted by Crippen LogP contribution is 2.16. The van der Waals surface area contributed by atoms with Crippen molar-refractivity contribution in [3.63, 3.8) is 0 Å². The van der Waals surface area contributed by atoms with Gasteiger partial charge in [-0.15, -0.1) is 0 Å². The van der Waals surface area contributed by atoms with Crippen LogP contribution in [0.25, 0.3) is 0 Å². The maximum Gasteiger partial charge on any atom is 0.238 e. The molecule has 0 saturated heterocycles. The predicted molar refractivity (Wildman–Crippen MR) is 83.6 cm³/mol. The summed E-state index contributed by atoms with van der Waals surface area (Å²) in [7, 11) is 0. The van der Waals surface area contributed by atoms with E-state index in [1.165, 1.54) is 0 Å². The molecule has 0 aromatic carbocycles. The lowest BCUT2D eigenvalue weighted by atomic mass is 9.98. The van der Waals surface area contributed by atoms with E-state index in [0.717, 1.165) is 57.8 Å². The minimum atomic E-state index is -0.829. The molecule has 0 aliphatic rings. The summed E-state index contributed by atoms with van der Waals surface area (Å²) >= 11 is 0. The summed E-state index contributed by atoms with van der Waals surface area (Å²) in [5.41, 5.74) is 0. The van der Waals surface area contributed by atoms with E-state index in [4.69, 9.17) is 0 Å². The number of aliphatic hydroxyl groups excluding tert-OH is 1. The van der Waals surface area contributed by atoms with E-state index in [-0.39, 0.29) is 4.92 Å². The van der Waals surface area contributed by atoms with Gasteiger partial charge in [-0.05, 0) is 19.3 Å². The van der Waals surface area contributed by atoms with Crippen LogP contribution < -0.4 is 0 Å². The van der Waals surface area contributed by atoms with Gasteiger partial charge in [-0.3, -0.25) is 14.9 Å². The summed E-state index contributed by atoms with van der Waals surface area (Å²) in [5.74, 6) is 0. The van der Waals surface area contributed by atoms with Gasteiger partial charge in [0.25, 0.3) is 0 Å². The monoisotopic (exact) mass is 300 g/mol. The third-order valence-corrected chi connectivity index (χ3v) is 3.85. The summed E-state index contributed by atoms with van der Waals surface area (Å²) < 4.78 is 0. The maximum absolute atomic E-state index is 11.0. The first kappa shape index (κ1) is 20.0. The minimum absolute atomic E-state index is 0.323. The highest BCUT2D eigenvalue weighted by atomic mass is 16.6. The van der Waals surface area contributed by atoms with E-state index in [1.54, 1.807) is 0 Å². The van der Waals surface area contributed by atoms with Crippen LogP contribution in [0.4, 0.5) is 0 Å².